The van der Waals surface area contributed by atoms with Gasteiger partial charge in [-0.15, -0.1) is 16.4 Å². The number of thiophene rings is 1. The van der Waals surface area contributed by atoms with Crippen molar-refractivity contribution >= 4 is 17.2 Å². The Bertz CT molecular complexity index is 948. The van der Waals surface area contributed by atoms with Crippen LogP contribution in [-0.4, -0.2) is 50.7 Å². The first-order valence-electron chi connectivity index (χ1n) is 9.54. The number of carbonyl (C=O) groups excluding carboxylic acids is 1. The first-order chi connectivity index (χ1) is 13.8. The number of carbonyl (C=O) groups is 1. The Morgan fingerprint density at radius 3 is 2.75 bits per heavy atom. The van der Waals surface area contributed by atoms with E-state index in [-0.39, 0.29) is 11.5 Å². The van der Waals surface area contributed by atoms with Crippen LogP contribution in [0.4, 0.5) is 0 Å². The number of fused-ring (bicyclic) bond motifs is 2. The van der Waals surface area contributed by atoms with Gasteiger partial charge in [-0.3, -0.25) is 4.79 Å². The van der Waals surface area contributed by atoms with Gasteiger partial charge in [-0.1, -0.05) is 30.3 Å². The van der Waals surface area contributed by atoms with Crippen molar-refractivity contribution in [2.24, 2.45) is 0 Å². The molecule has 1 unspecified atom stereocenters. The van der Waals surface area contributed by atoms with E-state index in [2.05, 4.69) is 27.0 Å². The summed E-state index contributed by atoms with van der Waals surface area (Å²) in [5.41, 5.74) is 1.98. The Morgan fingerprint density at radius 2 is 2.00 bits per heavy atom. The Morgan fingerprint density at radius 1 is 1.18 bits per heavy atom. The van der Waals surface area contributed by atoms with E-state index in [9.17, 15) is 4.79 Å². The van der Waals surface area contributed by atoms with E-state index in [1.54, 1.807) is 0 Å². The molecule has 144 valence electrons. The first kappa shape index (κ1) is 17.5. The molecule has 28 heavy (non-hydrogen) atoms. The second kappa shape index (κ2) is 7.10. The van der Waals surface area contributed by atoms with Gasteiger partial charge in [-0.2, -0.15) is 0 Å². The molecule has 2 aliphatic heterocycles. The average Bonchev–Trinajstić information content (AvgIpc) is 3.43. The molecule has 3 aromatic rings. The van der Waals surface area contributed by atoms with E-state index >= 15 is 0 Å². The minimum absolute atomic E-state index is 0.0229. The second-order valence-corrected chi connectivity index (χ2v) is 8.28. The number of tetrazole rings is 1. The lowest BCUT2D eigenvalue weighted by Gasteiger charge is -2.44. The average molecular weight is 395 g/mol. The molecule has 8 heteroatoms. The number of piperidine rings is 1. The lowest BCUT2D eigenvalue weighted by molar-refractivity contribution is -0.143. The summed E-state index contributed by atoms with van der Waals surface area (Å²) in [5, 5.41) is 13.6. The second-order valence-electron chi connectivity index (χ2n) is 7.28. The van der Waals surface area contributed by atoms with E-state index in [1.807, 2.05) is 46.6 Å². The van der Waals surface area contributed by atoms with Gasteiger partial charge in [0, 0.05) is 24.4 Å². The summed E-state index contributed by atoms with van der Waals surface area (Å²) in [4.78, 5) is 16.8. The minimum atomic E-state index is -0.547. The van der Waals surface area contributed by atoms with E-state index in [4.69, 9.17) is 4.74 Å². The highest BCUT2D eigenvalue weighted by Gasteiger charge is 2.43. The number of aromatic nitrogens is 4. The van der Waals surface area contributed by atoms with Crippen molar-refractivity contribution in [2.45, 2.75) is 30.9 Å². The number of ether oxygens (including phenoxy) is 1. The fourth-order valence-electron chi connectivity index (χ4n) is 4.36. The van der Waals surface area contributed by atoms with Crippen molar-refractivity contribution < 1.29 is 9.53 Å². The molecule has 0 bridgehead atoms. The van der Waals surface area contributed by atoms with E-state index in [0.717, 1.165) is 31.4 Å². The van der Waals surface area contributed by atoms with E-state index in [0.29, 0.717) is 13.1 Å². The first-order valence-corrected chi connectivity index (χ1v) is 10.4. The fourth-order valence-corrected chi connectivity index (χ4v) is 5.31. The zero-order valence-electron chi connectivity index (χ0n) is 15.4. The van der Waals surface area contributed by atoms with Crippen LogP contribution in [0.15, 0.2) is 48.1 Å². The lowest BCUT2D eigenvalue weighted by Crippen LogP contribution is -2.49. The molecule has 0 saturated carbocycles. The van der Waals surface area contributed by atoms with Crippen LogP contribution < -0.4 is 0 Å². The monoisotopic (exact) mass is 395 g/mol. The molecule has 1 saturated heterocycles. The number of hydrogen-bond acceptors (Lipinski definition) is 6. The molecule has 2 aromatic heterocycles. The number of benzene rings is 1. The maximum atomic E-state index is 13.4. The molecule has 7 nitrogen and oxygen atoms in total. The highest BCUT2D eigenvalue weighted by Crippen LogP contribution is 2.43. The standard InChI is InChI=1S/C20H21N5O2S/c26-19(18(25-14-21-22-23-25)15-4-2-1-3-5-15)24-10-8-20(9-11-24)16-7-13-28-17(16)6-12-27-20/h1-5,7,13-14,18H,6,8-12H2. The van der Waals surface area contributed by atoms with Gasteiger partial charge in [0.2, 0.25) is 0 Å². The molecule has 0 radical (unpaired) electrons. The third-order valence-corrected chi connectivity index (χ3v) is 6.79. The largest absolute Gasteiger partial charge is 0.370 e. The quantitative estimate of drug-likeness (QED) is 0.681. The number of hydrogen-bond donors (Lipinski definition) is 0. The summed E-state index contributed by atoms with van der Waals surface area (Å²) in [5.74, 6) is 0.0229. The van der Waals surface area contributed by atoms with Crippen molar-refractivity contribution in [1.82, 2.24) is 25.1 Å². The molecular formula is C20H21N5O2S. The Balaban J connectivity index is 1.38. The van der Waals surface area contributed by atoms with Crippen LogP contribution in [-0.2, 0) is 21.6 Å². The summed E-state index contributed by atoms with van der Waals surface area (Å²) >= 11 is 1.81. The van der Waals surface area contributed by atoms with Crippen molar-refractivity contribution in [3.05, 3.63) is 64.1 Å². The van der Waals surface area contributed by atoms with Gasteiger partial charge in [-0.05, 0) is 45.8 Å². The van der Waals surface area contributed by atoms with Crippen LogP contribution in [0.3, 0.4) is 0 Å². The number of amides is 1. The van der Waals surface area contributed by atoms with Gasteiger partial charge in [0.15, 0.2) is 6.04 Å². The molecule has 4 heterocycles. The summed E-state index contributed by atoms with van der Waals surface area (Å²) in [7, 11) is 0. The zero-order valence-corrected chi connectivity index (χ0v) is 16.2. The molecule has 0 N–H and O–H groups in total. The van der Waals surface area contributed by atoms with Crippen LogP contribution in [0.5, 0.6) is 0 Å². The predicted octanol–water partition coefficient (Wildman–Crippen LogP) is 2.41. The third kappa shape index (κ3) is 2.93. The Labute approximate surface area is 166 Å². The molecule has 1 aromatic carbocycles. The fraction of sp³-hybridized carbons (Fsp3) is 0.400. The normalized spacial score (nSPS) is 19.4. The molecule has 2 aliphatic rings. The maximum absolute atomic E-state index is 13.4. The van der Waals surface area contributed by atoms with Crippen LogP contribution >= 0.6 is 11.3 Å². The minimum Gasteiger partial charge on any atom is -0.370 e. The topological polar surface area (TPSA) is 73.1 Å². The Kier molecular flexibility index (Phi) is 4.44. The lowest BCUT2D eigenvalue weighted by atomic mass is 9.82. The summed E-state index contributed by atoms with van der Waals surface area (Å²) in [6.45, 7) is 2.10. The smallest absolute Gasteiger partial charge is 0.252 e. The van der Waals surface area contributed by atoms with Gasteiger partial charge in [0.1, 0.15) is 6.33 Å². The Hall–Kier alpha value is -2.58. The van der Waals surface area contributed by atoms with Crippen LogP contribution in [0.2, 0.25) is 0 Å². The number of likely N-dealkylation sites (tertiary alicyclic amines) is 1. The van der Waals surface area contributed by atoms with E-state index < -0.39 is 6.04 Å². The third-order valence-electron chi connectivity index (χ3n) is 5.81. The predicted molar refractivity (Wildman–Crippen MR) is 104 cm³/mol. The highest BCUT2D eigenvalue weighted by atomic mass is 32.1. The van der Waals surface area contributed by atoms with Crippen molar-refractivity contribution in [3.8, 4) is 0 Å². The van der Waals surface area contributed by atoms with E-state index in [1.165, 1.54) is 21.4 Å². The highest BCUT2D eigenvalue weighted by molar-refractivity contribution is 7.10. The van der Waals surface area contributed by atoms with Gasteiger partial charge in [0.05, 0.1) is 12.2 Å². The van der Waals surface area contributed by atoms with Crippen LogP contribution in [0.25, 0.3) is 0 Å². The molecule has 1 atom stereocenters. The summed E-state index contributed by atoms with van der Waals surface area (Å²) < 4.78 is 7.81. The summed E-state index contributed by atoms with van der Waals surface area (Å²) in [6, 6.07) is 11.3. The molecule has 1 amide bonds. The zero-order chi connectivity index (χ0) is 19.0. The van der Waals surface area contributed by atoms with Crippen LogP contribution in [0.1, 0.15) is 34.9 Å². The van der Waals surface area contributed by atoms with Gasteiger partial charge in [-0.25, -0.2) is 4.68 Å². The van der Waals surface area contributed by atoms with Crippen molar-refractivity contribution in [3.63, 3.8) is 0 Å². The van der Waals surface area contributed by atoms with Gasteiger partial charge in [0.25, 0.3) is 5.91 Å². The van der Waals surface area contributed by atoms with Crippen molar-refractivity contribution in [1.29, 1.82) is 0 Å². The maximum Gasteiger partial charge on any atom is 0.252 e. The number of rotatable bonds is 3. The van der Waals surface area contributed by atoms with Gasteiger partial charge < -0.3 is 9.64 Å². The molecule has 1 fully saturated rings. The molecule has 0 aliphatic carbocycles. The van der Waals surface area contributed by atoms with Gasteiger partial charge >= 0.3 is 0 Å². The molecule has 1 spiro atoms. The molecule has 5 rings (SSSR count). The van der Waals surface area contributed by atoms with Crippen LogP contribution in [0, 0.1) is 0 Å². The summed E-state index contributed by atoms with van der Waals surface area (Å²) in [6.07, 6.45) is 4.13. The molecular weight excluding hydrogens is 374 g/mol. The SMILES string of the molecule is O=C(C(c1ccccc1)n1cnnn1)N1CCC2(CC1)OCCc1sccc12. The van der Waals surface area contributed by atoms with Crippen molar-refractivity contribution in [2.75, 3.05) is 19.7 Å². The number of nitrogens with zero attached hydrogens (tertiary/aromatic N) is 5.